The van der Waals surface area contributed by atoms with Gasteiger partial charge in [-0.25, -0.2) is 0 Å². The maximum Gasteiger partial charge on any atom is 0.307 e. The zero-order valence-corrected chi connectivity index (χ0v) is 7.62. The summed E-state index contributed by atoms with van der Waals surface area (Å²) < 4.78 is 0. The van der Waals surface area contributed by atoms with E-state index in [2.05, 4.69) is 0 Å². The lowest BCUT2D eigenvalue weighted by Crippen LogP contribution is -2.66. The average molecular weight is 183 g/mol. The van der Waals surface area contributed by atoms with Gasteiger partial charge in [0.25, 0.3) is 0 Å². The minimum atomic E-state index is -0.700. The third-order valence-corrected chi connectivity index (χ3v) is 3.43. The van der Waals surface area contributed by atoms with Gasteiger partial charge in [-0.3, -0.25) is 9.59 Å². The second-order valence-electron chi connectivity index (χ2n) is 4.17. The predicted molar refractivity (Wildman–Crippen MR) is 45.0 cm³/mol. The van der Waals surface area contributed by atoms with E-state index >= 15 is 0 Å². The molecule has 0 aromatic heterocycles. The molecule has 13 heavy (non-hydrogen) atoms. The Bertz CT molecular complexity index is 268. The monoisotopic (exact) mass is 183 g/mol. The fourth-order valence-electron chi connectivity index (χ4n) is 2.40. The van der Waals surface area contributed by atoms with Crippen molar-refractivity contribution in [3.8, 4) is 0 Å². The van der Waals surface area contributed by atoms with Crippen LogP contribution >= 0.6 is 0 Å². The van der Waals surface area contributed by atoms with E-state index in [1.165, 1.54) is 6.92 Å². The van der Waals surface area contributed by atoms with Crippen molar-refractivity contribution in [3.05, 3.63) is 0 Å². The Morgan fingerprint density at radius 1 is 1.46 bits per heavy atom. The van der Waals surface area contributed by atoms with E-state index in [0.29, 0.717) is 13.1 Å². The molecule has 1 atom stereocenters. The molecule has 72 valence electrons. The lowest BCUT2D eigenvalue weighted by Gasteiger charge is -2.58. The largest absolute Gasteiger partial charge is 0.481 e. The summed E-state index contributed by atoms with van der Waals surface area (Å²) in [6.45, 7) is 2.83. The number of nitrogens with zero attached hydrogens (tertiary/aromatic N) is 1. The predicted octanol–water partition coefficient (Wildman–Crippen LogP) is 0.329. The maximum absolute atomic E-state index is 10.9. The molecule has 2 rings (SSSR count). The normalized spacial score (nSPS) is 29.3. The standard InChI is InChI=1S/C9H13NO3/c1-6(11)10-4-9(5-10)3-2-7(9)8(12)13/h7H,2-5H2,1H3,(H,12,13). The zero-order chi connectivity index (χ0) is 9.64. The van der Waals surface area contributed by atoms with E-state index < -0.39 is 5.97 Å². The first-order valence-electron chi connectivity index (χ1n) is 4.53. The number of hydrogen-bond donors (Lipinski definition) is 1. The second kappa shape index (κ2) is 2.47. The zero-order valence-electron chi connectivity index (χ0n) is 7.62. The van der Waals surface area contributed by atoms with E-state index in [4.69, 9.17) is 5.11 Å². The van der Waals surface area contributed by atoms with Crippen LogP contribution < -0.4 is 0 Å². The molecule has 1 unspecified atom stereocenters. The number of hydrogen-bond acceptors (Lipinski definition) is 2. The van der Waals surface area contributed by atoms with Gasteiger partial charge in [0.2, 0.25) is 5.91 Å². The third kappa shape index (κ3) is 1.04. The number of carbonyl (C=O) groups is 2. The van der Waals surface area contributed by atoms with Crippen molar-refractivity contribution in [2.75, 3.05) is 13.1 Å². The first-order chi connectivity index (χ1) is 6.05. The summed E-state index contributed by atoms with van der Waals surface area (Å²) in [5, 5.41) is 8.86. The molecule has 1 amide bonds. The molecule has 1 spiro atoms. The van der Waals surface area contributed by atoms with E-state index in [1.807, 2.05) is 0 Å². The molecule has 0 radical (unpaired) electrons. The number of carboxylic acid groups (broad SMARTS) is 1. The average Bonchev–Trinajstić information content (AvgIpc) is 1.78. The van der Waals surface area contributed by atoms with Gasteiger partial charge in [-0.15, -0.1) is 0 Å². The topological polar surface area (TPSA) is 57.6 Å². The number of aliphatic carboxylic acids is 1. The summed E-state index contributed by atoms with van der Waals surface area (Å²) in [6, 6.07) is 0. The molecule has 4 heteroatoms. The quantitative estimate of drug-likeness (QED) is 0.637. The molecular formula is C9H13NO3. The summed E-state index contributed by atoms with van der Waals surface area (Å²) in [7, 11) is 0. The third-order valence-electron chi connectivity index (χ3n) is 3.43. The molecule has 2 aliphatic rings. The SMILES string of the molecule is CC(=O)N1CC2(CCC2C(=O)O)C1. The molecule has 1 aliphatic carbocycles. The summed E-state index contributed by atoms with van der Waals surface area (Å²) in [6.07, 6.45) is 1.74. The molecule has 1 heterocycles. The van der Waals surface area contributed by atoms with Crippen LogP contribution in [0.2, 0.25) is 0 Å². The van der Waals surface area contributed by atoms with Gasteiger partial charge in [-0.2, -0.15) is 0 Å². The fourth-order valence-corrected chi connectivity index (χ4v) is 2.40. The Hall–Kier alpha value is -1.06. The Balaban J connectivity index is 1.97. The number of amides is 1. The Morgan fingerprint density at radius 3 is 2.38 bits per heavy atom. The van der Waals surface area contributed by atoms with Crippen molar-refractivity contribution in [3.63, 3.8) is 0 Å². The lowest BCUT2D eigenvalue weighted by molar-refractivity contribution is -0.177. The molecule has 1 aliphatic heterocycles. The van der Waals surface area contributed by atoms with Gasteiger partial charge in [-0.05, 0) is 12.8 Å². The van der Waals surface area contributed by atoms with Crippen molar-refractivity contribution in [1.29, 1.82) is 0 Å². The van der Waals surface area contributed by atoms with Gasteiger partial charge in [0.1, 0.15) is 0 Å². The summed E-state index contributed by atoms with van der Waals surface area (Å²) >= 11 is 0. The van der Waals surface area contributed by atoms with Crippen molar-refractivity contribution < 1.29 is 14.7 Å². The maximum atomic E-state index is 10.9. The van der Waals surface area contributed by atoms with Gasteiger partial charge in [0.05, 0.1) is 5.92 Å². The highest BCUT2D eigenvalue weighted by Crippen LogP contribution is 2.52. The molecule has 0 bridgehead atoms. The highest BCUT2D eigenvalue weighted by Gasteiger charge is 2.58. The number of carbonyl (C=O) groups excluding carboxylic acids is 1. The minimum absolute atomic E-state index is 0.0571. The number of likely N-dealkylation sites (tertiary alicyclic amines) is 1. The molecule has 1 saturated carbocycles. The summed E-state index contributed by atoms with van der Waals surface area (Å²) in [5.41, 5.74) is -0.0580. The second-order valence-corrected chi connectivity index (χ2v) is 4.17. The molecule has 0 aromatic carbocycles. The van der Waals surface area contributed by atoms with Crippen LogP contribution in [0.3, 0.4) is 0 Å². The van der Waals surface area contributed by atoms with Gasteiger partial charge in [0.15, 0.2) is 0 Å². The van der Waals surface area contributed by atoms with Gasteiger partial charge >= 0.3 is 5.97 Å². The van der Waals surface area contributed by atoms with Crippen LogP contribution in [0.1, 0.15) is 19.8 Å². The first kappa shape index (κ1) is 8.53. The number of carboxylic acids is 1. The van der Waals surface area contributed by atoms with E-state index in [1.54, 1.807) is 4.90 Å². The van der Waals surface area contributed by atoms with Gasteiger partial charge in [-0.1, -0.05) is 0 Å². The van der Waals surface area contributed by atoms with Crippen LogP contribution in [0.4, 0.5) is 0 Å². The van der Waals surface area contributed by atoms with Crippen LogP contribution in [0, 0.1) is 11.3 Å². The minimum Gasteiger partial charge on any atom is -0.481 e. The van der Waals surface area contributed by atoms with Crippen LogP contribution in [0.15, 0.2) is 0 Å². The molecule has 2 fully saturated rings. The van der Waals surface area contributed by atoms with Crippen LogP contribution in [-0.2, 0) is 9.59 Å². The van der Waals surface area contributed by atoms with Crippen molar-refractivity contribution in [2.45, 2.75) is 19.8 Å². The van der Waals surface area contributed by atoms with Gasteiger partial charge < -0.3 is 10.0 Å². The highest BCUT2D eigenvalue weighted by molar-refractivity contribution is 5.77. The van der Waals surface area contributed by atoms with Crippen LogP contribution in [0.25, 0.3) is 0 Å². The Kier molecular flexibility index (Phi) is 1.62. The molecule has 1 N–H and O–H groups in total. The molecule has 1 saturated heterocycles. The summed E-state index contributed by atoms with van der Waals surface area (Å²) in [5.74, 6) is -0.848. The van der Waals surface area contributed by atoms with Crippen molar-refractivity contribution >= 4 is 11.9 Å². The Morgan fingerprint density at radius 2 is 2.08 bits per heavy atom. The first-order valence-corrected chi connectivity index (χ1v) is 4.53. The Labute approximate surface area is 76.5 Å². The lowest BCUT2D eigenvalue weighted by atomic mass is 9.56. The van der Waals surface area contributed by atoms with E-state index in [0.717, 1.165) is 12.8 Å². The van der Waals surface area contributed by atoms with E-state index in [9.17, 15) is 9.59 Å². The molecular weight excluding hydrogens is 170 g/mol. The fraction of sp³-hybridized carbons (Fsp3) is 0.778. The highest BCUT2D eigenvalue weighted by atomic mass is 16.4. The molecule has 4 nitrogen and oxygen atoms in total. The van der Waals surface area contributed by atoms with Crippen molar-refractivity contribution in [2.24, 2.45) is 11.3 Å². The van der Waals surface area contributed by atoms with Crippen molar-refractivity contribution in [1.82, 2.24) is 4.90 Å². The van der Waals surface area contributed by atoms with Crippen LogP contribution in [-0.4, -0.2) is 35.0 Å². The van der Waals surface area contributed by atoms with Gasteiger partial charge in [0, 0.05) is 25.4 Å². The van der Waals surface area contributed by atoms with Crippen LogP contribution in [0.5, 0.6) is 0 Å². The molecule has 0 aromatic rings. The van der Waals surface area contributed by atoms with E-state index in [-0.39, 0.29) is 17.2 Å². The summed E-state index contributed by atoms with van der Waals surface area (Å²) in [4.78, 5) is 23.4. The number of rotatable bonds is 1. The smallest absolute Gasteiger partial charge is 0.307 e.